The highest BCUT2D eigenvalue weighted by molar-refractivity contribution is 5.70. The van der Waals surface area contributed by atoms with Gasteiger partial charge in [-0.1, -0.05) is 115 Å². The molecule has 0 saturated carbocycles. The van der Waals surface area contributed by atoms with Crippen LogP contribution in [0.15, 0.2) is 36.5 Å². The molecule has 0 spiro atoms. The number of ether oxygens (including phenoxy) is 6. The molecule has 2 saturated heterocycles. The lowest BCUT2D eigenvalue weighted by Crippen LogP contribution is -2.61. The van der Waals surface area contributed by atoms with Crippen LogP contribution in [0.3, 0.4) is 0 Å². The molecule has 0 aromatic rings. The Hall–Kier alpha value is -2.28. The summed E-state index contributed by atoms with van der Waals surface area (Å²) in [6.07, 6.45) is 17.5. The number of esters is 2. The number of unbranched alkanes of at least 4 members (excludes halogenated alkanes) is 15. The van der Waals surface area contributed by atoms with E-state index < -0.39 is 92.7 Å². The zero-order chi connectivity index (χ0) is 45.4. The topological polar surface area (TPSA) is 231 Å². The lowest BCUT2D eigenvalue weighted by atomic mass is 9.98. The van der Waals surface area contributed by atoms with Gasteiger partial charge in [0, 0.05) is 12.8 Å². The SMILES string of the molecule is CCCC/C=C/C/C=C/CCCCCCCC(=O)O[C@H](COC(=O)CCCCCCC/C=C/CCCCC)CO[C@@H]1O[C@H](CO[C@@H]2O[C@H](CO)[C@H](O)C(O)C2O)[C@H](O)C(O)C1O. The first-order valence-corrected chi connectivity index (χ1v) is 23.6. The van der Waals surface area contributed by atoms with E-state index in [2.05, 4.69) is 50.3 Å². The highest BCUT2D eigenvalue weighted by Crippen LogP contribution is 2.26. The fourth-order valence-electron chi connectivity index (χ4n) is 7.11. The predicted octanol–water partition coefficient (Wildman–Crippen LogP) is 5.37. The summed E-state index contributed by atoms with van der Waals surface area (Å²) < 4.78 is 33.4. The molecule has 0 radical (unpaired) electrons. The van der Waals surface area contributed by atoms with E-state index in [4.69, 9.17) is 28.4 Å². The second kappa shape index (κ2) is 35.0. The molecule has 2 aliphatic rings. The zero-order valence-electron chi connectivity index (χ0n) is 37.6. The van der Waals surface area contributed by atoms with Gasteiger partial charge in [-0.25, -0.2) is 0 Å². The molecule has 2 rings (SSSR count). The molecule has 2 aliphatic heterocycles. The van der Waals surface area contributed by atoms with E-state index in [0.29, 0.717) is 12.8 Å². The van der Waals surface area contributed by atoms with Gasteiger partial charge in [-0.3, -0.25) is 9.59 Å². The predicted molar refractivity (Wildman–Crippen MR) is 234 cm³/mol. The molecule has 15 heteroatoms. The van der Waals surface area contributed by atoms with Gasteiger partial charge in [0.1, 0.15) is 55.4 Å². The summed E-state index contributed by atoms with van der Waals surface area (Å²) in [6.45, 7) is 2.48. The van der Waals surface area contributed by atoms with Crippen LogP contribution in [0.4, 0.5) is 0 Å². The first kappa shape index (κ1) is 55.9. The maximum absolute atomic E-state index is 12.9. The quantitative estimate of drug-likeness (QED) is 0.0241. The van der Waals surface area contributed by atoms with Crippen molar-refractivity contribution < 1.29 is 73.8 Å². The molecule has 360 valence electrons. The average molecular weight is 887 g/mol. The van der Waals surface area contributed by atoms with Crippen molar-refractivity contribution in [1.82, 2.24) is 0 Å². The Labute approximate surface area is 370 Å². The number of hydrogen-bond acceptors (Lipinski definition) is 15. The largest absolute Gasteiger partial charge is 0.462 e. The minimum Gasteiger partial charge on any atom is -0.462 e. The van der Waals surface area contributed by atoms with Crippen LogP contribution in [0.25, 0.3) is 0 Å². The number of carbonyl (C=O) groups is 2. The second-order valence-electron chi connectivity index (χ2n) is 16.6. The Kier molecular flexibility index (Phi) is 31.6. The van der Waals surface area contributed by atoms with Crippen molar-refractivity contribution in [2.75, 3.05) is 26.4 Å². The Balaban J connectivity index is 1.86. The van der Waals surface area contributed by atoms with Crippen molar-refractivity contribution in [1.29, 1.82) is 0 Å². The maximum atomic E-state index is 12.9. The molecule has 7 N–H and O–H groups in total. The number of allylic oxidation sites excluding steroid dienone is 6. The summed E-state index contributed by atoms with van der Waals surface area (Å²) in [7, 11) is 0. The molecule has 0 aromatic carbocycles. The summed E-state index contributed by atoms with van der Waals surface area (Å²) >= 11 is 0. The highest BCUT2D eigenvalue weighted by atomic mass is 16.7. The van der Waals surface area contributed by atoms with E-state index in [1.54, 1.807) is 0 Å². The Morgan fingerprint density at radius 3 is 1.56 bits per heavy atom. The van der Waals surface area contributed by atoms with Crippen LogP contribution >= 0.6 is 0 Å². The Morgan fingerprint density at radius 1 is 0.516 bits per heavy atom. The first-order valence-electron chi connectivity index (χ1n) is 23.6. The van der Waals surface area contributed by atoms with Gasteiger partial charge in [0.15, 0.2) is 18.7 Å². The van der Waals surface area contributed by atoms with Crippen LogP contribution in [-0.4, -0.2) is 142 Å². The third kappa shape index (κ3) is 23.6. The fraction of sp³-hybridized carbons (Fsp3) is 0.830. The Bertz CT molecular complexity index is 1230. The summed E-state index contributed by atoms with van der Waals surface area (Å²) in [5.41, 5.74) is 0. The van der Waals surface area contributed by atoms with Crippen molar-refractivity contribution in [3.8, 4) is 0 Å². The van der Waals surface area contributed by atoms with Gasteiger partial charge in [-0.05, 0) is 64.2 Å². The van der Waals surface area contributed by atoms with Crippen molar-refractivity contribution in [3.63, 3.8) is 0 Å². The van der Waals surface area contributed by atoms with Gasteiger partial charge < -0.3 is 64.2 Å². The normalized spacial score (nSPS) is 27.4. The molecule has 62 heavy (non-hydrogen) atoms. The first-order chi connectivity index (χ1) is 30.0. The molecule has 15 nitrogen and oxygen atoms in total. The van der Waals surface area contributed by atoms with Gasteiger partial charge in [-0.15, -0.1) is 0 Å². The number of rotatable bonds is 35. The van der Waals surface area contributed by atoms with Crippen molar-refractivity contribution >= 4 is 11.9 Å². The third-order valence-corrected chi connectivity index (χ3v) is 11.1. The van der Waals surface area contributed by atoms with E-state index >= 15 is 0 Å². The summed E-state index contributed by atoms with van der Waals surface area (Å²) in [5.74, 6) is -0.955. The van der Waals surface area contributed by atoms with Crippen molar-refractivity contribution in [2.45, 2.75) is 223 Å². The van der Waals surface area contributed by atoms with Gasteiger partial charge in [0.05, 0.1) is 19.8 Å². The van der Waals surface area contributed by atoms with Crippen LogP contribution in [-0.2, 0) is 38.0 Å². The van der Waals surface area contributed by atoms with E-state index in [1.165, 1.54) is 32.1 Å². The molecule has 2 fully saturated rings. The van der Waals surface area contributed by atoms with Crippen LogP contribution < -0.4 is 0 Å². The number of aliphatic hydroxyl groups is 7. The van der Waals surface area contributed by atoms with Crippen LogP contribution in [0.2, 0.25) is 0 Å². The van der Waals surface area contributed by atoms with Gasteiger partial charge in [0.25, 0.3) is 0 Å². The van der Waals surface area contributed by atoms with E-state index in [9.17, 15) is 45.3 Å². The van der Waals surface area contributed by atoms with Crippen LogP contribution in [0.1, 0.15) is 155 Å². The van der Waals surface area contributed by atoms with Crippen LogP contribution in [0.5, 0.6) is 0 Å². The fourth-order valence-corrected chi connectivity index (χ4v) is 7.11. The standard InChI is InChI=1S/C47H82O15/c1-3-5-7-9-11-13-15-17-18-20-22-24-26-28-30-39(50)60-35(32-57-38(49)29-27-25-23-21-19-16-14-12-10-8-6-4-2)33-58-46-45(56)43(54)41(52)37(62-46)34-59-47-44(55)42(53)40(51)36(31-48)61-47/h9,11-12,14-15,17,35-37,40-48,51-56H,3-8,10,13,16,18-34H2,1-2H3/b11-9+,14-12+,17-15+/t35-,36-,37-,40+,41+,42?,43?,44?,45?,46-,47-/m1/s1. The zero-order valence-corrected chi connectivity index (χ0v) is 37.6. The smallest absolute Gasteiger partial charge is 0.306 e. The molecule has 0 bridgehead atoms. The van der Waals surface area contributed by atoms with Crippen molar-refractivity contribution in [3.05, 3.63) is 36.5 Å². The molecule has 4 unspecified atom stereocenters. The van der Waals surface area contributed by atoms with Gasteiger partial charge in [-0.2, -0.15) is 0 Å². The molecular formula is C47H82O15. The number of hydrogen-bond donors (Lipinski definition) is 7. The highest BCUT2D eigenvalue weighted by Gasteiger charge is 2.47. The lowest BCUT2D eigenvalue weighted by molar-refractivity contribution is -0.332. The van der Waals surface area contributed by atoms with Crippen LogP contribution in [0, 0.1) is 0 Å². The molecule has 0 aliphatic carbocycles. The minimum atomic E-state index is -1.77. The summed E-state index contributed by atoms with van der Waals surface area (Å²) in [5, 5.41) is 71.9. The second-order valence-corrected chi connectivity index (χ2v) is 16.6. The Morgan fingerprint density at radius 2 is 0.984 bits per heavy atom. The molecule has 0 amide bonds. The third-order valence-electron chi connectivity index (χ3n) is 11.1. The molecule has 0 aromatic heterocycles. The number of aliphatic hydroxyl groups excluding tert-OH is 7. The van der Waals surface area contributed by atoms with Gasteiger partial charge in [0.2, 0.25) is 0 Å². The lowest BCUT2D eigenvalue weighted by Gasteiger charge is -2.42. The summed E-state index contributed by atoms with van der Waals surface area (Å²) in [4.78, 5) is 25.6. The van der Waals surface area contributed by atoms with E-state index in [0.717, 1.165) is 83.5 Å². The number of carbonyl (C=O) groups excluding carboxylic acids is 2. The van der Waals surface area contributed by atoms with Gasteiger partial charge >= 0.3 is 11.9 Å². The van der Waals surface area contributed by atoms with Crippen molar-refractivity contribution in [2.24, 2.45) is 0 Å². The average Bonchev–Trinajstić information content (AvgIpc) is 3.26. The molecular weight excluding hydrogens is 805 g/mol. The molecule has 2 heterocycles. The molecule has 11 atom stereocenters. The maximum Gasteiger partial charge on any atom is 0.306 e. The summed E-state index contributed by atoms with van der Waals surface area (Å²) in [6, 6.07) is 0. The van der Waals surface area contributed by atoms with E-state index in [-0.39, 0.29) is 26.1 Å². The van der Waals surface area contributed by atoms with E-state index in [1.807, 2.05) is 0 Å². The minimum absolute atomic E-state index is 0.147. The monoisotopic (exact) mass is 887 g/mol.